The highest BCUT2D eigenvalue weighted by molar-refractivity contribution is 7.10. The van der Waals surface area contributed by atoms with E-state index < -0.39 is 0 Å². The summed E-state index contributed by atoms with van der Waals surface area (Å²) in [6.07, 6.45) is 1.31. The number of thiophene rings is 1. The van der Waals surface area contributed by atoms with Crippen molar-refractivity contribution in [1.82, 2.24) is 0 Å². The van der Waals surface area contributed by atoms with Gasteiger partial charge in [-0.1, -0.05) is 18.2 Å². The number of anilines is 2. The fraction of sp³-hybridized carbons (Fsp3) is 0.240. The van der Waals surface area contributed by atoms with Gasteiger partial charge in [-0.3, -0.25) is 4.79 Å². The summed E-state index contributed by atoms with van der Waals surface area (Å²) in [5.41, 5.74) is 4.62. The van der Waals surface area contributed by atoms with Crippen LogP contribution in [0.5, 0.6) is 11.5 Å². The molecule has 2 aliphatic rings. The molecule has 1 aliphatic heterocycles. The number of ketones is 1. The number of ether oxygens (including phenoxy) is 2. The van der Waals surface area contributed by atoms with Gasteiger partial charge in [-0.15, -0.1) is 11.3 Å². The second-order valence-corrected chi connectivity index (χ2v) is 8.77. The van der Waals surface area contributed by atoms with Crippen LogP contribution in [-0.4, -0.2) is 20.0 Å². The lowest BCUT2D eigenvalue weighted by molar-refractivity contribution is -0.116. The molecule has 6 heteroatoms. The average Bonchev–Trinajstić information content (AvgIpc) is 3.28. The Hall–Kier alpha value is -3.25. The van der Waals surface area contributed by atoms with Gasteiger partial charge >= 0.3 is 0 Å². The van der Waals surface area contributed by atoms with Gasteiger partial charge in [0.1, 0.15) is 11.5 Å². The van der Waals surface area contributed by atoms with E-state index in [9.17, 15) is 4.79 Å². The third kappa shape index (κ3) is 3.57. The van der Waals surface area contributed by atoms with E-state index in [0.717, 1.165) is 40.4 Å². The van der Waals surface area contributed by atoms with Crippen molar-refractivity contribution in [3.8, 4) is 11.5 Å². The molecular formula is C25H24N2O3S. The SMILES string of the molecule is COc1ccc([C@@H]2Nc3ccccc3NC3=C2C(=O)C[C@H](c2cccs2)C3)c(OC)c1. The first-order chi connectivity index (χ1) is 15.2. The molecule has 1 aromatic heterocycles. The summed E-state index contributed by atoms with van der Waals surface area (Å²) in [4.78, 5) is 14.8. The topological polar surface area (TPSA) is 59.6 Å². The van der Waals surface area contributed by atoms with Crippen LogP contribution in [0.15, 0.2) is 71.2 Å². The van der Waals surface area contributed by atoms with Gasteiger partial charge in [0.15, 0.2) is 5.78 Å². The van der Waals surface area contributed by atoms with Crippen LogP contribution < -0.4 is 20.1 Å². The van der Waals surface area contributed by atoms with Crippen LogP contribution in [0.2, 0.25) is 0 Å². The summed E-state index contributed by atoms with van der Waals surface area (Å²) in [5.74, 6) is 1.77. The summed E-state index contributed by atoms with van der Waals surface area (Å²) in [5, 5.41) is 9.26. The molecule has 2 heterocycles. The van der Waals surface area contributed by atoms with Crippen molar-refractivity contribution < 1.29 is 14.3 Å². The van der Waals surface area contributed by atoms with E-state index >= 15 is 0 Å². The molecule has 0 unspecified atom stereocenters. The molecule has 5 nitrogen and oxygen atoms in total. The van der Waals surface area contributed by atoms with Gasteiger partial charge in [0.25, 0.3) is 0 Å². The summed E-state index contributed by atoms with van der Waals surface area (Å²) in [7, 11) is 3.28. The number of carbonyl (C=O) groups excluding carboxylic acids is 1. The fourth-order valence-corrected chi connectivity index (χ4v) is 5.34. The second-order valence-electron chi connectivity index (χ2n) is 7.79. The first-order valence-corrected chi connectivity index (χ1v) is 11.2. The molecule has 0 amide bonds. The normalized spacial score (nSPS) is 20.1. The van der Waals surface area contributed by atoms with E-state index in [1.807, 2.05) is 42.5 Å². The quantitative estimate of drug-likeness (QED) is 0.550. The number of hydrogen-bond acceptors (Lipinski definition) is 6. The van der Waals surface area contributed by atoms with E-state index in [4.69, 9.17) is 9.47 Å². The monoisotopic (exact) mass is 432 g/mol. The average molecular weight is 433 g/mol. The lowest BCUT2D eigenvalue weighted by Crippen LogP contribution is -2.26. The molecule has 0 saturated heterocycles. The predicted octanol–water partition coefficient (Wildman–Crippen LogP) is 5.74. The maximum absolute atomic E-state index is 13.5. The smallest absolute Gasteiger partial charge is 0.163 e. The highest BCUT2D eigenvalue weighted by Crippen LogP contribution is 2.46. The zero-order valence-electron chi connectivity index (χ0n) is 17.5. The minimum atomic E-state index is -0.316. The van der Waals surface area contributed by atoms with Gasteiger partial charge in [-0.05, 0) is 42.1 Å². The number of rotatable bonds is 4. The van der Waals surface area contributed by atoms with Gasteiger partial charge < -0.3 is 20.1 Å². The van der Waals surface area contributed by atoms with Crippen molar-refractivity contribution in [1.29, 1.82) is 0 Å². The van der Waals surface area contributed by atoms with Crippen LogP contribution >= 0.6 is 11.3 Å². The Labute approximate surface area is 185 Å². The maximum atomic E-state index is 13.5. The molecule has 2 atom stereocenters. The molecule has 5 rings (SSSR count). The number of Topliss-reactive ketones (excluding diaryl/α,β-unsaturated/α-hetero) is 1. The van der Waals surface area contributed by atoms with E-state index in [1.165, 1.54) is 4.88 Å². The van der Waals surface area contributed by atoms with Gasteiger partial charge in [0.2, 0.25) is 0 Å². The molecule has 3 aromatic rings. The molecular weight excluding hydrogens is 408 g/mol. The van der Waals surface area contributed by atoms with E-state index in [2.05, 4.69) is 28.1 Å². The molecule has 1 aliphatic carbocycles. The molecule has 2 aromatic carbocycles. The van der Waals surface area contributed by atoms with Gasteiger partial charge in [0, 0.05) is 40.1 Å². The zero-order chi connectivity index (χ0) is 21.4. The van der Waals surface area contributed by atoms with Crippen molar-refractivity contribution in [3.05, 3.63) is 81.7 Å². The minimum absolute atomic E-state index is 0.162. The van der Waals surface area contributed by atoms with Gasteiger partial charge in [-0.25, -0.2) is 0 Å². The van der Waals surface area contributed by atoms with Crippen LogP contribution in [0, 0.1) is 0 Å². The fourth-order valence-electron chi connectivity index (χ4n) is 4.51. The standard InChI is InChI=1S/C25H24N2O3S/c1-29-16-9-10-17(22(14-16)30-2)25-24-20(26-18-6-3-4-7-19(18)27-25)12-15(13-21(24)28)23-8-5-11-31-23/h3-11,14-15,25-27H,12-13H2,1-2H3/t15-,25+/m1/s1. The number of allylic oxidation sites excluding steroid dienone is 1. The van der Waals surface area contributed by atoms with Crippen LogP contribution in [0.25, 0.3) is 0 Å². The van der Waals surface area contributed by atoms with Crippen molar-refractivity contribution in [2.24, 2.45) is 0 Å². The van der Waals surface area contributed by atoms with E-state index in [-0.39, 0.29) is 17.7 Å². The molecule has 0 radical (unpaired) electrons. The highest BCUT2D eigenvalue weighted by atomic mass is 32.1. The lowest BCUT2D eigenvalue weighted by atomic mass is 9.80. The van der Waals surface area contributed by atoms with Crippen LogP contribution in [0.4, 0.5) is 11.4 Å². The molecule has 2 N–H and O–H groups in total. The van der Waals surface area contributed by atoms with Crippen LogP contribution in [0.3, 0.4) is 0 Å². The number of fused-ring (bicyclic) bond motifs is 1. The second kappa shape index (κ2) is 8.12. The largest absolute Gasteiger partial charge is 0.497 e. The first-order valence-electron chi connectivity index (χ1n) is 10.3. The van der Waals surface area contributed by atoms with Crippen molar-refractivity contribution in [2.45, 2.75) is 24.8 Å². The first kappa shape index (κ1) is 19.7. The van der Waals surface area contributed by atoms with Crippen LogP contribution in [0.1, 0.15) is 35.2 Å². The van der Waals surface area contributed by atoms with E-state index in [0.29, 0.717) is 12.2 Å². The zero-order valence-corrected chi connectivity index (χ0v) is 18.3. The highest BCUT2D eigenvalue weighted by Gasteiger charge is 2.37. The molecule has 0 bridgehead atoms. The van der Waals surface area contributed by atoms with Crippen molar-refractivity contribution in [3.63, 3.8) is 0 Å². The summed E-state index contributed by atoms with van der Waals surface area (Å²) in [6.45, 7) is 0. The minimum Gasteiger partial charge on any atom is -0.497 e. The molecule has 0 saturated carbocycles. The summed E-state index contributed by atoms with van der Waals surface area (Å²) in [6, 6.07) is 17.7. The molecule has 31 heavy (non-hydrogen) atoms. The van der Waals surface area contributed by atoms with Crippen LogP contribution in [-0.2, 0) is 4.79 Å². The number of nitrogens with one attached hydrogen (secondary N) is 2. The lowest BCUT2D eigenvalue weighted by Gasteiger charge is -2.30. The third-order valence-electron chi connectivity index (χ3n) is 6.01. The summed E-state index contributed by atoms with van der Waals surface area (Å²) >= 11 is 1.72. The third-order valence-corrected chi connectivity index (χ3v) is 7.04. The Bertz CT molecular complexity index is 1150. The van der Waals surface area contributed by atoms with Crippen molar-refractivity contribution in [2.75, 3.05) is 24.9 Å². The maximum Gasteiger partial charge on any atom is 0.163 e. The number of para-hydroxylation sites is 2. The number of methoxy groups -OCH3 is 2. The number of carbonyl (C=O) groups is 1. The van der Waals surface area contributed by atoms with E-state index in [1.54, 1.807) is 25.6 Å². The van der Waals surface area contributed by atoms with Gasteiger partial charge in [0.05, 0.1) is 31.6 Å². The molecule has 0 spiro atoms. The van der Waals surface area contributed by atoms with Crippen molar-refractivity contribution >= 4 is 28.5 Å². The number of benzene rings is 2. The number of hydrogen-bond donors (Lipinski definition) is 2. The Kier molecular flexibility index (Phi) is 5.16. The molecule has 158 valence electrons. The molecule has 0 fully saturated rings. The summed E-state index contributed by atoms with van der Waals surface area (Å²) < 4.78 is 11.1. The Morgan fingerprint density at radius 2 is 1.81 bits per heavy atom. The predicted molar refractivity (Wildman–Crippen MR) is 124 cm³/mol. The Morgan fingerprint density at radius 3 is 2.55 bits per heavy atom. The Morgan fingerprint density at radius 1 is 0.968 bits per heavy atom. The van der Waals surface area contributed by atoms with Gasteiger partial charge in [-0.2, -0.15) is 0 Å². The Balaban J connectivity index is 1.65.